The number of fused-ring (bicyclic) bond motifs is 1. The van der Waals surface area contributed by atoms with Crippen LogP contribution in [0.25, 0.3) is 11.0 Å². The molecule has 0 amide bonds. The lowest BCUT2D eigenvalue weighted by Gasteiger charge is -2.06. The van der Waals surface area contributed by atoms with Gasteiger partial charge < -0.3 is 5.32 Å². The predicted molar refractivity (Wildman–Crippen MR) is 86.0 cm³/mol. The molecule has 2 aromatic heterocycles. The lowest BCUT2D eigenvalue weighted by Crippen LogP contribution is -2.07. The van der Waals surface area contributed by atoms with Crippen LogP contribution in [0.2, 0.25) is 10.0 Å². The summed E-state index contributed by atoms with van der Waals surface area (Å²) < 4.78 is 0. The van der Waals surface area contributed by atoms with Crippen LogP contribution in [0.4, 0.5) is 5.82 Å². The molecule has 1 N–H and O–H groups in total. The minimum absolute atomic E-state index is 0.476. The van der Waals surface area contributed by atoms with Crippen LogP contribution in [-0.4, -0.2) is 21.5 Å². The van der Waals surface area contributed by atoms with E-state index < -0.39 is 0 Å². The van der Waals surface area contributed by atoms with Gasteiger partial charge in [0.2, 0.25) is 0 Å². The zero-order chi connectivity index (χ0) is 14.7. The van der Waals surface area contributed by atoms with Gasteiger partial charge in [-0.3, -0.25) is 9.97 Å². The van der Waals surface area contributed by atoms with E-state index in [0.717, 1.165) is 24.2 Å². The lowest BCUT2D eigenvalue weighted by atomic mass is 10.2. The van der Waals surface area contributed by atoms with Crippen molar-refractivity contribution in [2.24, 2.45) is 0 Å². The van der Waals surface area contributed by atoms with Crippen LogP contribution in [0.1, 0.15) is 5.69 Å². The Bertz CT molecular complexity index is 762. The van der Waals surface area contributed by atoms with Gasteiger partial charge in [-0.05, 0) is 24.3 Å². The van der Waals surface area contributed by atoms with E-state index in [1.165, 1.54) is 0 Å². The summed E-state index contributed by atoms with van der Waals surface area (Å²) in [5, 5.41) is 4.19. The Morgan fingerprint density at radius 1 is 1.00 bits per heavy atom. The van der Waals surface area contributed by atoms with Gasteiger partial charge in [0.05, 0.1) is 27.3 Å². The molecule has 0 atom stereocenters. The molecule has 4 nitrogen and oxygen atoms in total. The molecule has 106 valence electrons. The Hall–Kier alpha value is -1.91. The molecule has 21 heavy (non-hydrogen) atoms. The third kappa shape index (κ3) is 3.40. The molecule has 0 aliphatic rings. The largest absolute Gasteiger partial charge is 0.368 e. The topological polar surface area (TPSA) is 50.7 Å². The first-order chi connectivity index (χ1) is 10.2. The first kappa shape index (κ1) is 14.0. The van der Waals surface area contributed by atoms with Gasteiger partial charge in [0.1, 0.15) is 5.82 Å². The molecule has 3 rings (SSSR count). The van der Waals surface area contributed by atoms with Gasteiger partial charge in [-0.15, -0.1) is 0 Å². The number of halogens is 2. The van der Waals surface area contributed by atoms with E-state index in [1.54, 1.807) is 24.5 Å². The highest BCUT2D eigenvalue weighted by Crippen LogP contribution is 2.26. The minimum atomic E-state index is 0.476. The van der Waals surface area contributed by atoms with Crippen molar-refractivity contribution in [2.75, 3.05) is 11.9 Å². The van der Waals surface area contributed by atoms with Crippen molar-refractivity contribution in [1.29, 1.82) is 0 Å². The summed E-state index contributed by atoms with van der Waals surface area (Å²) in [5.74, 6) is 0.705. The number of nitrogens with one attached hydrogen (secondary N) is 1. The monoisotopic (exact) mass is 318 g/mol. The number of benzene rings is 1. The van der Waals surface area contributed by atoms with Crippen molar-refractivity contribution < 1.29 is 0 Å². The normalized spacial score (nSPS) is 10.8. The third-order valence-electron chi connectivity index (χ3n) is 3.00. The maximum absolute atomic E-state index is 6.00. The Morgan fingerprint density at radius 3 is 2.57 bits per heavy atom. The van der Waals surface area contributed by atoms with Gasteiger partial charge in [0.15, 0.2) is 0 Å². The van der Waals surface area contributed by atoms with E-state index in [2.05, 4.69) is 20.3 Å². The highest BCUT2D eigenvalue weighted by Gasteiger charge is 2.04. The van der Waals surface area contributed by atoms with Crippen LogP contribution in [-0.2, 0) is 6.42 Å². The van der Waals surface area contributed by atoms with Crippen molar-refractivity contribution in [3.63, 3.8) is 0 Å². The molecule has 1 aromatic carbocycles. The van der Waals surface area contributed by atoms with Gasteiger partial charge in [-0.25, -0.2) is 4.98 Å². The van der Waals surface area contributed by atoms with Crippen LogP contribution in [0, 0.1) is 0 Å². The number of aromatic nitrogens is 3. The van der Waals surface area contributed by atoms with Crippen molar-refractivity contribution in [3.8, 4) is 0 Å². The van der Waals surface area contributed by atoms with Crippen molar-refractivity contribution in [3.05, 3.63) is 58.5 Å². The average Bonchev–Trinajstić information content (AvgIpc) is 2.50. The van der Waals surface area contributed by atoms with E-state index in [1.807, 2.05) is 18.2 Å². The molecule has 0 fully saturated rings. The number of pyridine rings is 1. The summed E-state index contributed by atoms with van der Waals surface area (Å²) in [6.07, 6.45) is 4.30. The molecule has 6 heteroatoms. The van der Waals surface area contributed by atoms with Gasteiger partial charge in [0.25, 0.3) is 0 Å². The molecule has 0 saturated heterocycles. The van der Waals surface area contributed by atoms with Crippen LogP contribution < -0.4 is 5.32 Å². The lowest BCUT2D eigenvalue weighted by molar-refractivity contribution is 0.953. The summed E-state index contributed by atoms with van der Waals surface area (Å²) >= 11 is 12.0. The summed E-state index contributed by atoms with van der Waals surface area (Å²) in [6, 6.07) is 9.31. The molecule has 3 aromatic rings. The van der Waals surface area contributed by atoms with E-state index >= 15 is 0 Å². The number of anilines is 1. The van der Waals surface area contributed by atoms with Crippen LogP contribution in [0.5, 0.6) is 0 Å². The Kier molecular flexibility index (Phi) is 4.18. The van der Waals surface area contributed by atoms with Gasteiger partial charge in [-0.2, -0.15) is 0 Å². The minimum Gasteiger partial charge on any atom is -0.368 e. The number of hydrogen-bond acceptors (Lipinski definition) is 4. The highest BCUT2D eigenvalue weighted by molar-refractivity contribution is 6.42. The van der Waals surface area contributed by atoms with E-state index in [0.29, 0.717) is 21.4 Å². The van der Waals surface area contributed by atoms with Crippen molar-refractivity contribution >= 4 is 40.1 Å². The fourth-order valence-electron chi connectivity index (χ4n) is 1.96. The fraction of sp³-hybridized carbons (Fsp3) is 0.133. The molecule has 0 unspecified atom stereocenters. The third-order valence-corrected chi connectivity index (χ3v) is 3.72. The highest BCUT2D eigenvalue weighted by atomic mass is 35.5. The first-order valence-electron chi connectivity index (χ1n) is 6.48. The molecule has 0 bridgehead atoms. The van der Waals surface area contributed by atoms with E-state index in [9.17, 15) is 0 Å². The van der Waals surface area contributed by atoms with Gasteiger partial charge in [-0.1, -0.05) is 29.3 Å². The number of nitrogens with zero attached hydrogens (tertiary/aromatic N) is 3. The Labute approximate surface area is 132 Å². The number of hydrogen-bond donors (Lipinski definition) is 1. The molecular formula is C15H12Cl2N4. The van der Waals surface area contributed by atoms with Crippen molar-refractivity contribution in [1.82, 2.24) is 15.0 Å². The van der Waals surface area contributed by atoms with Crippen molar-refractivity contribution in [2.45, 2.75) is 6.42 Å². The molecule has 0 saturated carbocycles. The second kappa shape index (κ2) is 6.24. The smallest absolute Gasteiger partial charge is 0.145 e. The Balaban J connectivity index is 1.71. The van der Waals surface area contributed by atoms with Crippen LogP contribution in [0.15, 0.2) is 42.7 Å². The molecular weight excluding hydrogens is 307 g/mol. The van der Waals surface area contributed by atoms with E-state index in [4.69, 9.17) is 23.2 Å². The Morgan fingerprint density at radius 2 is 1.81 bits per heavy atom. The zero-order valence-corrected chi connectivity index (χ0v) is 12.6. The van der Waals surface area contributed by atoms with Crippen LogP contribution >= 0.6 is 23.2 Å². The maximum Gasteiger partial charge on any atom is 0.145 e. The maximum atomic E-state index is 6.00. The SMILES string of the molecule is Clc1cc2ncc(NCCc3ccccn3)nc2cc1Cl. The standard InChI is InChI=1S/C15H12Cl2N4/c16-11-7-13-14(8-12(11)17)21-15(9-20-13)19-6-4-10-3-1-2-5-18-10/h1-3,5,7-9H,4,6H2,(H,19,21). The van der Waals surface area contributed by atoms with Gasteiger partial charge >= 0.3 is 0 Å². The second-order valence-corrected chi connectivity index (χ2v) is 5.32. The molecule has 0 aliphatic heterocycles. The molecule has 0 aliphatic carbocycles. The summed E-state index contributed by atoms with van der Waals surface area (Å²) in [7, 11) is 0. The van der Waals surface area contributed by atoms with Crippen LogP contribution in [0.3, 0.4) is 0 Å². The predicted octanol–water partition coefficient (Wildman–Crippen LogP) is 3.99. The zero-order valence-electron chi connectivity index (χ0n) is 11.1. The quantitative estimate of drug-likeness (QED) is 0.790. The first-order valence-corrected chi connectivity index (χ1v) is 7.23. The fourth-order valence-corrected chi connectivity index (χ4v) is 2.27. The molecule has 0 spiro atoms. The molecule has 2 heterocycles. The summed E-state index contributed by atoms with van der Waals surface area (Å²) in [5.41, 5.74) is 2.47. The summed E-state index contributed by atoms with van der Waals surface area (Å²) in [6.45, 7) is 0.735. The average molecular weight is 319 g/mol. The van der Waals surface area contributed by atoms with Gasteiger partial charge in [0, 0.05) is 24.9 Å². The molecule has 0 radical (unpaired) electrons. The second-order valence-electron chi connectivity index (χ2n) is 4.51. The number of rotatable bonds is 4. The summed E-state index contributed by atoms with van der Waals surface area (Å²) in [4.78, 5) is 13.1. The van der Waals surface area contributed by atoms with E-state index in [-0.39, 0.29) is 0 Å².